The average molecular weight is 368 g/mol. The fraction of sp³-hybridized carbons (Fsp3) is 0.364. The molecule has 142 valence electrons. The van der Waals surface area contributed by atoms with Gasteiger partial charge in [0, 0.05) is 38.2 Å². The van der Waals surface area contributed by atoms with Gasteiger partial charge in [-0.3, -0.25) is 9.59 Å². The minimum Gasteiger partial charge on any atom is -0.341 e. The molecule has 0 atom stereocenters. The molecule has 1 heterocycles. The van der Waals surface area contributed by atoms with Crippen molar-refractivity contribution in [2.75, 3.05) is 26.2 Å². The van der Waals surface area contributed by atoms with Gasteiger partial charge in [0.25, 0.3) is 5.91 Å². The third-order valence-electron chi connectivity index (χ3n) is 4.96. The van der Waals surface area contributed by atoms with Crippen LogP contribution in [-0.4, -0.2) is 47.8 Å². The smallest absolute Gasteiger partial charge is 0.254 e. The van der Waals surface area contributed by atoms with Crippen molar-refractivity contribution in [3.8, 4) is 0 Å². The Balaban J connectivity index is 1.53. The lowest BCUT2D eigenvalue weighted by Crippen LogP contribution is -2.37. The van der Waals surface area contributed by atoms with Crippen LogP contribution in [0.15, 0.2) is 48.5 Å². The van der Waals surface area contributed by atoms with E-state index in [2.05, 4.69) is 24.3 Å². The summed E-state index contributed by atoms with van der Waals surface area (Å²) in [6.45, 7) is 4.28. The summed E-state index contributed by atoms with van der Waals surface area (Å²) in [6.07, 6.45) is 1.93. The predicted molar refractivity (Wildman–Crippen MR) is 103 cm³/mol. The van der Waals surface area contributed by atoms with Gasteiger partial charge in [-0.1, -0.05) is 35.9 Å². The summed E-state index contributed by atoms with van der Waals surface area (Å²) in [4.78, 5) is 28.7. The Morgan fingerprint density at radius 1 is 0.963 bits per heavy atom. The van der Waals surface area contributed by atoms with Crippen LogP contribution in [0.1, 0.15) is 34.3 Å². The van der Waals surface area contributed by atoms with Gasteiger partial charge < -0.3 is 9.80 Å². The van der Waals surface area contributed by atoms with Gasteiger partial charge in [0.05, 0.1) is 0 Å². The number of hydrogen-bond acceptors (Lipinski definition) is 2. The molecule has 0 aromatic heterocycles. The molecule has 3 rings (SSSR count). The number of halogens is 1. The molecule has 5 heteroatoms. The first-order valence-corrected chi connectivity index (χ1v) is 9.41. The molecular formula is C22H25FN2O2. The molecule has 1 saturated heterocycles. The van der Waals surface area contributed by atoms with E-state index in [9.17, 15) is 14.0 Å². The van der Waals surface area contributed by atoms with E-state index in [0.717, 1.165) is 18.4 Å². The second-order valence-corrected chi connectivity index (χ2v) is 7.02. The summed E-state index contributed by atoms with van der Waals surface area (Å²) in [5.74, 6) is -0.470. The van der Waals surface area contributed by atoms with Crippen molar-refractivity contribution in [2.45, 2.75) is 26.2 Å². The van der Waals surface area contributed by atoms with Crippen LogP contribution in [0.25, 0.3) is 0 Å². The van der Waals surface area contributed by atoms with Crippen molar-refractivity contribution < 1.29 is 14.0 Å². The summed E-state index contributed by atoms with van der Waals surface area (Å²) in [5.41, 5.74) is 2.72. The van der Waals surface area contributed by atoms with Gasteiger partial charge in [-0.05, 0) is 43.5 Å². The van der Waals surface area contributed by atoms with Crippen LogP contribution in [0.3, 0.4) is 0 Å². The normalized spacial score (nSPS) is 14.7. The summed E-state index contributed by atoms with van der Waals surface area (Å²) < 4.78 is 13.4. The van der Waals surface area contributed by atoms with Gasteiger partial charge in [-0.15, -0.1) is 0 Å². The maximum Gasteiger partial charge on any atom is 0.254 e. The number of aryl methyl sites for hydroxylation is 2. The summed E-state index contributed by atoms with van der Waals surface area (Å²) in [6, 6.07) is 14.0. The zero-order valence-corrected chi connectivity index (χ0v) is 15.7. The fourth-order valence-corrected chi connectivity index (χ4v) is 3.34. The number of hydrogen-bond donors (Lipinski definition) is 0. The monoisotopic (exact) mass is 368 g/mol. The topological polar surface area (TPSA) is 40.6 Å². The highest BCUT2D eigenvalue weighted by Crippen LogP contribution is 2.13. The van der Waals surface area contributed by atoms with E-state index in [4.69, 9.17) is 0 Å². The Morgan fingerprint density at radius 2 is 1.67 bits per heavy atom. The number of carbonyl (C=O) groups excluding carboxylic acids is 2. The Kier molecular flexibility index (Phi) is 6.22. The van der Waals surface area contributed by atoms with Gasteiger partial charge in [-0.25, -0.2) is 4.39 Å². The number of carbonyl (C=O) groups is 2. The number of amides is 2. The summed E-state index contributed by atoms with van der Waals surface area (Å²) >= 11 is 0. The van der Waals surface area contributed by atoms with Crippen LogP contribution >= 0.6 is 0 Å². The lowest BCUT2D eigenvalue weighted by Gasteiger charge is -2.22. The van der Waals surface area contributed by atoms with Crippen LogP contribution in [0.2, 0.25) is 0 Å². The second kappa shape index (κ2) is 8.80. The molecule has 1 aliphatic rings. The van der Waals surface area contributed by atoms with Crippen molar-refractivity contribution in [1.82, 2.24) is 9.80 Å². The minimum atomic E-state index is -0.413. The second-order valence-electron chi connectivity index (χ2n) is 7.02. The van der Waals surface area contributed by atoms with Crippen molar-refractivity contribution in [3.05, 3.63) is 71.0 Å². The van der Waals surface area contributed by atoms with E-state index in [1.165, 1.54) is 17.7 Å². The van der Waals surface area contributed by atoms with Gasteiger partial charge in [-0.2, -0.15) is 0 Å². The van der Waals surface area contributed by atoms with E-state index in [1.807, 2.05) is 11.8 Å². The van der Waals surface area contributed by atoms with Gasteiger partial charge >= 0.3 is 0 Å². The van der Waals surface area contributed by atoms with Crippen molar-refractivity contribution in [2.24, 2.45) is 0 Å². The molecule has 0 spiro atoms. The molecule has 1 fully saturated rings. The van der Waals surface area contributed by atoms with Crippen molar-refractivity contribution >= 4 is 11.8 Å². The van der Waals surface area contributed by atoms with E-state index < -0.39 is 5.82 Å². The first-order chi connectivity index (χ1) is 13.0. The van der Waals surface area contributed by atoms with Crippen molar-refractivity contribution in [3.63, 3.8) is 0 Å². The van der Waals surface area contributed by atoms with E-state index in [-0.39, 0.29) is 11.8 Å². The van der Waals surface area contributed by atoms with E-state index in [0.29, 0.717) is 38.2 Å². The fourth-order valence-electron chi connectivity index (χ4n) is 3.34. The lowest BCUT2D eigenvalue weighted by molar-refractivity contribution is -0.131. The Labute approximate surface area is 159 Å². The van der Waals surface area contributed by atoms with Crippen LogP contribution in [-0.2, 0) is 11.2 Å². The molecule has 27 heavy (non-hydrogen) atoms. The molecule has 1 aliphatic heterocycles. The SMILES string of the molecule is Cc1ccc(CCC(=O)N2CCCN(C(=O)c3cccc(F)c3)CC2)cc1. The highest BCUT2D eigenvalue weighted by atomic mass is 19.1. The summed E-state index contributed by atoms with van der Waals surface area (Å²) in [5, 5.41) is 0. The molecular weight excluding hydrogens is 343 g/mol. The predicted octanol–water partition coefficient (Wildman–Crippen LogP) is 3.44. The van der Waals surface area contributed by atoms with Gasteiger partial charge in [0.2, 0.25) is 5.91 Å². The van der Waals surface area contributed by atoms with Crippen LogP contribution in [0.5, 0.6) is 0 Å². The number of nitrogens with zero attached hydrogens (tertiary/aromatic N) is 2. The quantitative estimate of drug-likeness (QED) is 0.829. The third kappa shape index (κ3) is 5.16. The molecule has 2 aromatic carbocycles. The molecule has 0 bridgehead atoms. The van der Waals surface area contributed by atoms with E-state index >= 15 is 0 Å². The van der Waals surface area contributed by atoms with Crippen LogP contribution in [0, 0.1) is 12.7 Å². The third-order valence-corrected chi connectivity index (χ3v) is 4.96. The molecule has 0 saturated carbocycles. The highest BCUT2D eigenvalue weighted by molar-refractivity contribution is 5.94. The zero-order valence-electron chi connectivity index (χ0n) is 15.7. The maximum atomic E-state index is 13.4. The molecule has 2 aromatic rings. The maximum absolute atomic E-state index is 13.4. The van der Waals surface area contributed by atoms with Crippen molar-refractivity contribution in [1.29, 1.82) is 0 Å². The van der Waals surface area contributed by atoms with Crippen LogP contribution in [0.4, 0.5) is 4.39 Å². The Hall–Kier alpha value is -2.69. The minimum absolute atomic E-state index is 0.121. The molecule has 0 unspecified atom stereocenters. The first-order valence-electron chi connectivity index (χ1n) is 9.41. The van der Waals surface area contributed by atoms with Gasteiger partial charge in [0.1, 0.15) is 5.82 Å². The molecule has 0 N–H and O–H groups in total. The molecule has 0 radical (unpaired) electrons. The number of benzene rings is 2. The summed E-state index contributed by atoms with van der Waals surface area (Å²) in [7, 11) is 0. The lowest BCUT2D eigenvalue weighted by atomic mass is 10.1. The van der Waals surface area contributed by atoms with E-state index in [1.54, 1.807) is 17.0 Å². The molecule has 4 nitrogen and oxygen atoms in total. The van der Waals surface area contributed by atoms with Gasteiger partial charge in [0.15, 0.2) is 0 Å². The first kappa shape index (κ1) is 19.1. The Morgan fingerprint density at radius 3 is 2.41 bits per heavy atom. The molecule has 0 aliphatic carbocycles. The standard InChI is InChI=1S/C22H25FN2O2/c1-17-6-8-18(9-7-17)10-11-21(26)24-12-3-13-25(15-14-24)22(27)19-4-2-5-20(23)16-19/h2,4-9,16H,3,10-15H2,1H3. The highest BCUT2D eigenvalue weighted by Gasteiger charge is 2.22. The zero-order chi connectivity index (χ0) is 19.2. The average Bonchev–Trinajstić information content (AvgIpc) is 2.93. The Bertz CT molecular complexity index is 804. The number of rotatable bonds is 4. The molecule has 2 amide bonds. The largest absolute Gasteiger partial charge is 0.341 e. The van der Waals surface area contributed by atoms with Crippen LogP contribution < -0.4 is 0 Å².